The van der Waals surface area contributed by atoms with Crippen LogP contribution in [0.4, 0.5) is 4.39 Å². The Morgan fingerprint density at radius 3 is 2.64 bits per heavy atom. The van der Waals surface area contributed by atoms with Crippen molar-refractivity contribution < 1.29 is 13.9 Å². The molecule has 0 atom stereocenters. The number of carbonyl (C=O) groups excluding carboxylic acids is 1. The lowest BCUT2D eigenvalue weighted by Crippen LogP contribution is -2.24. The minimum atomic E-state index is -0.371. The van der Waals surface area contributed by atoms with Crippen LogP contribution < -0.4 is 15.6 Å². The predicted molar refractivity (Wildman–Crippen MR) is 102 cm³/mol. The van der Waals surface area contributed by atoms with Crippen LogP contribution in [0.3, 0.4) is 0 Å². The van der Waals surface area contributed by atoms with E-state index in [2.05, 4.69) is 15.4 Å². The van der Waals surface area contributed by atoms with Crippen molar-refractivity contribution in [2.75, 3.05) is 7.11 Å². The molecule has 2 N–H and O–H groups in total. The maximum absolute atomic E-state index is 13.1. The summed E-state index contributed by atoms with van der Waals surface area (Å²) in [6.07, 6.45) is 2.12. The van der Waals surface area contributed by atoms with Gasteiger partial charge in [-0.25, -0.2) is 14.1 Å². The molecule has 146 valence electrons. The number of halogens is 1. The molecule has 0 aliphatic carbocycles. The molecule has 8 heteroatoms. The number of nitrogens with one attached hydrogen (secondary N) is 2. The number of aromatic nitrogens is 3. The second-order valence-electron chi connectivity index (χ2n) is 6.32. The first-order valence-corrected chi connectivity index (χ1v) is 8.80. The van der Waals surface area contributed by atoms with Crippen LogP contribution in [0.25, 0.3) is 5.69 Å². The molecule has 3 aromatic rings. The van der Waals surface area contributed by atoms with E-state index in [0.29, 0.717) is 35.8 Å². The number of hydrogen-bond donors (Lipinski definition) is 2. The lowest BCUT2D eigenvalue weighted by molar-refractivity contribution is -0.121. The predicted octanol–water partition coefficient (Wildman–Crippen LogP) is 2.27. The Balaban J connectivity index is 1.60. The Bertz CT molecular complexity index is 1010. The second kappa shape index (κ2) is 8.51. The number of carbonyl (C=O) groups is 1. The van der Waals surface area contributed by atoms with Gasteiger partial charge in [-0.15, -0.1) is 0 Å². The van der Waals surface area contributed by atoms with Crippen LogP contribution in [0, 0.1) is 12.7 Å². The highest BCUT2D eigenvalue weighted by atomic mass is 19.1. The summed E-state index contributed by atoms with van der Waals surface area (Å²) in [6.45, 7) is 2.12. The van der Waals surface area contributed by atoms with Gasteiger partial charge >= 0.3 is 0 Å². The quantitative estimate of drug-likeness (QED) is 0.654. The van der Waals surface area contributed by atoms with Crippen molar-refractivity contribution >= 4 is 5.91 Å². The number of ether oxygens (including phenoxy) is 1. The van der Waals surface area contributed by atoms with Gasteiger partial charge in [0.2, 0.25) is 11.8 Å². The zero-order valence-corrected chi connectivity index (χ0v) is 15.7. The third kappa shape index (κ3) is 4.46. The van der Waals surface area contributed by atoms with Crippen molar-refractivity contribution in [3.8, 4) is 11.6 Å². The van der Waals surface area contributed by atoms with Gasteiger partial charge in [-0.2, -0.15) is 0 Å². The van der Waals surface area contributed by atoms with Crippen molar-refractivity contribution in [1.82, 2.24) is 20.1 Å². The molecule has 7 nitrogen and oxygen atoms in total. The molecule has 0 fully saturated rings. The van der Waals surface area contributed by atoms with E-state index in [1.54, 1.807) is 19.2 Å². The molecule has 2 heterocycles. The van der Waals surface area contributed by atoms with Crippen LogP contribution >= 0.6 is 0 Å². The van der Waals surface area contributed by atoms with Crippen LogP contribution in [-0.2, 0) is 17.8 Å². The summed E-state index contributed by atoms with van der Waals surface area (Å²) in [5.74, 6) is -0.0244. The Morgan fingerprint density at radius 2 is 2.00 bits per heavy atom. The Hall–Kier alpha value is -3.42. The van der Waals surface area contributed by atoms with Crippen LogP contribution in [0.15, 0.2) is 47.4 Å². The number of nitrogens with zero attached hydrogens (tertiary/aromatic N) is 2. The van der Waals surface area contributed by atoms with Gasteiger partial charge in [0.05, 0.1) is 12.8 Å². The SMILES string of the molecule is COc1ccc(CNC(=O)CCc2c(C)[nH]n(-c3ccc(F)cc3)c2=O)cn1. The molecule has 28 heavy (non-hydrogen) atoms. The van der Waals surface area contributed by atoms with E-state index in [0.717, 1.165) is 5.56 Å². The average molecular weight is 384 g/mol. The normalized spacial score (nSPS) is 10.7. The number of aryl methyl sites for hydroxylation is 1. The van der Waals surface area contributed by atoms with E-state index >= 15 is 0 Å². The Morgan fingerprint density at radius 1 is 1.25 bits per heavy atom. The molecule has 0 aliphatic heterocycles. The maximum atomic E-state index is 13.1. The van der Waals surface area contributed by atoms with Gasteiger partial charge in [0.25, 0.3) is 5.56 Å². The van der Waals surface area contributed by atoms with Crippen LogP contribution in [-0.4, -0.2) is 27.8 Å². The number of benzene rings is 1. The second-order valence-corrected chi connectivity index (χ2v) is 6.32. The van der Waals surface area contributed by atoms with Crippen molar-refractivity contribution in [2.24, 2.45) is 0 Å². The lowest BCUT2D eigenvalue weighted by atomic mass is 10.1. The molecule has 0 aliphatic rings. The molecule has 1 amide bonds. The molecule has 0 saturated carbocycles. The number of pyridine rings is 1. The highest BCUT2D eigenvalue weighted by Crippen LogP contribution is 2.10. The standard InChI is InChI=1S/C20H21FN4O3/c1-13-17(20(27)25(24-13)16-6-4-15(21)5-7-16)8-9-18(26)22-11-14-3-10-19(28-2)23-12-14/h3-7,10,12,24H,8-9,11H2,1-2H3,(H,22,26). The van der Waals surface area contributed by atoms with Crippen molar-refractivity contribution in [3.63, 3.8) is 0 Å². The van der Waals surface area contributed by atoms with Gasteiger partial charge in [-0.1, -0.05) is 6.07 Å². The first kappa shape index (κ1) is 19.3. The summed E-state index contributed by atoms with van der Waals surface area (Å²) in [5, 5.41) is 5.78. The summed E-state index contributed by atoms with van der Waals surface area (Å²) in [4.78, 5) is 28.8. The summed E-state index contributed by atoms with van der Waals surface area (Å²) >= 11 is 0. The molecule has 2 aromatic heterocycles. The smallest absolute Gasteiger partial charge is 0.274 e. The molecular weight excluding hydrogens is 363 g/mol. The molecule has 0 spiro atoms. The lowest BCUT2D eigenvalue weighted by Gasteiger charge is -2.05. The molecular formula is C20H21FN4O3. The van der Waals surface area contributed by atoms with E-state index < -0.39 is 0 Å². The number of H-pyrrole nitrogens is 1. The first-order valence-electron chi connectivity index (χ1n) is 8.80. The van der Waals surface area contributed by atoms with E-state index in [4.69, 9.17) is 4.74 Å². The summed E-state index contributed by atoms with van der Waals surface area (Å²) in [6, 6.07) is 9.17. The Kier molecular flexibility index (Phi) is 5.88. The van der Waals surface area contributed by atoms with Gasteiger partial charge in [-0.3, -0.25) is 14.7 Å². The molecule has 3 rings (SSSR count). The van der Waals surface area contributed by atoms with Gasteiger partial charge < -0.3 is 10.1 Å². The molecule has 1 aromatic carbocycles. The van der Waals surface area contributed by atoms with E-state index in [1.807, 2.05) is 6.07 Å². The van der Waals surface area contributed by atoms with Gasteiger partial charge in [0, 0.05) is 36.5 Å². The zero-order chi connectivity index (χ0) is 20.1. The maximum Gasteiger partial charge on any atom is 0.274 e. The number of hydrogen-bond acceptors (Lipinski definition) is 4. The van der Waals surface area contributed by atoms with Crippen molar-refractivity contribution in [3.05, 3.63) is 75.6 Å². The molecule has 0 radical (unpaired) electrons. The summed E-state index contributed by atoms with van der Waals surface area (Å²) < 4.78 is 19.4. The first-order chi connectivity index (χ1) is 13.5. The van der Waals surface area contributed by atoms with Gasteiger partial charge in [-0.05, 0) is 43.2 Å². The third-order valence-corrected chi connectivity index (χ3v) is 4.38. The fraction of sp³-hybridized carbons (Fsp3) is 0.250. The third-order valence-electron chi connectivity index (χ3n) is 4.38. The highest BCUT2D eigenvalue weighted by molar-refractivity contribution is 5.76. The van der Waals surface area contributed by atoms with E-state index in [-0.39, 0.29) is 23.7 Å². The highest BCUT2D eigenvalue weighted by Gasteiger charge is 2.14. The van der Waals surface area contributed by atoms with Crippen LogP contribution in [0.2, 0.25) is 0 Å². The van der Waals surface area contributed by atoms with E-state index in [9.17, 15) is 14.0 Å². The fourth-order valence-corrected chi connectivity index (χ4v) is 2.81. The van der Waals surface area contributed by atoms with Crippen LogP contribution in [0.5, 0.6) is 5.88 Å². The van der Waals surface area contributed by atoms with Crippen molar-refractivity contribution in [2.45, 2.75) is 26.3 Å². The number of amides is 1. The summed E-state index contributed by atoms with van der Waals surface area (Å²) in [5.41, 5.74) is 2.37. The van der Waals surface area contributed by atoms with E-state index in [1.165, 1.54) is 36.1 Å². The van der Waals surface area contributed by atoms with Gasteiger partial charge in [0.15, 0.2) is 0 Å². The van der Waals surface area contributed by atoms with Crippen molar-refractivity contribution in [1.29, 1.82) is 0 Å². The number of rotatable bonds is 7. The monoisotopic (exact) mass is 384 g/mol. The Labute approximate surface area is 161 Å². The molecule has 0 saturated heterocycles. The minimum absolute atomic E-state index is 0.163. The number of aromatic amines is 1. The zero-order valence-electron chi connectivity index (χ0n) is 15.7. The largest absolute Gasteiger partial charge is 0.481 e. The topological polar surface area (TPSA) is 89.0 Å². The molecule has 0 unspecified atom stereocenters. The summed E-state index contributed by atoms with van der Waals surface area (Å²) in [7, 11) is 1.54. The minimum Gasteiger partial charge on any atom is -0.481 e. The number of methoxy groups -OCH3 is 1. The van der Waals surface area contributed by atoms with Crippen LogP contribution in [0.1, 0.15) is 23.2 Å². The molecule has 0 bridgehead atoms. The fourth-order valence-electron chi connectivity index (χ4n) is 2.81. The van der Waals surface area contributed by atoms with Gasteiger partial charge in [0.1, 0.15) is 5.82 Å². The average Bonchev–Trinajstić information content (AvgIpc) is 2.99.